The molecule has 0 rings (SSSR count). The number of hydrogen-bond donors (Lipinski definition) is 0. The smallest absolute Gasteiger partial charge is 0.487 e. The zero-order chi connectivity index (χ0) is 6.28. The Balaban J connectivity index is -0.0000000750. The molecular formula is C6H15NV. The summed E-state index contributed by atoms with van der Waals surface area (Å²) >= 11 is 0. The Bertz CT molecular complexity index is 22.5. The van der Waals surface area contributed by atoms with Crippen LogP contribution in [-0.4, -0.2) is 18.5 Å². The molecule has 2 heteroatoms. The first-order valence-corrected chi connectivity index (χ1v) is 2.58. The topological polar surface area (TPSA) is 3.24 Å². The van der Waals surface area contributed by atoms with Crippen LogP contribution in [0.2, 0.25) is 0 Å². The Kier molecular flexibility index (Phi) is 30.9. The van der Waals surface area contributed by atoms with Crippen molar-refractivity contribution in [3.05, 3.63) is 14.0 Å². The third-order valence-corrected chi connectivity index (χ3v) is 0.382. The van der Waals surface area contributed by atoms with Crippen molar-refractivity contribution in [2.75, 3.05) is 13.6 Å². The van der Waals surface area contributed by atoms with Gasteiger partial charge in [-0.05, 0) is 7.05 Å². The maximum atomic E-state index is 3.55. The van der Waals surface area contributed by atoms with E-state index in [0.717, 1.165) is 6.54 Å². The van der Waals surface area contributed by atoms with Gasteiger partial charge in [0.05, 0.1) is 0 Å². The van der Waals surface area contributed by atoms with Crippen LogP contribution in [0.15, 0.2) is 0 Å². The minimum atomic E-state index is 0. The Morgan fingerprint density at radius 2 is 1.50 bits per heavy atom. The molecule has 0 aromatic heterocycles. The van der Waals surface area contributed by atoms with E-state index < -0.39 is 0 Å². The quantitative estimate of drug-likeness (QED) is 0.515. The van der Waals surface area contributed by atoms with Crippen LogP contribution in [0.5, 0.6) is 0 Å². The second-order valence-electron chi connectivity index (χ2n) is 1.08. The van der Waals surface area contributed by atoms with Crippen LogP contribution in [0.4, 0.5) is 0 Å². The van der Waals surface area contributed by atoms with Crippen molar-refractivity contribution in [1.82, 2.24) is 4.90 Å². The molecule has 0 amide bonds. The standard InChI is InChI=1S/C4H9N.C2H6.V/c1-4-5(2)3;1-2;/h1-2,4H2,3H3;1-2H3;/q-2;;+2. The van der Waals surface area contributed by atoms with E-state index >= 15 is 0 Å². The van der Waals surface area contributed by atoms with Gasteiger partial charge in [-0.15, -0.1) is 0 Å². The molecule has 0 saturated heterocycles. The number of nitrogens with zero attached hydrogens (tertiary/aromatic N) is 1. The summed E-state index contributed by atoms with van der Waals surface area (Å²) in [5.41, 5.74) is 0. The summed E-state index contributed by atoms with van der Waals surface area (Å²) in [4.78, 5) is 1.76. The van der Waals surface area contributed by atoms with Crippen LogP contribution >= 0.6 is 0 Å². The van der Waals surface area contributed by atoms with E-state index in [-0.39, 0.29) is 18.6 Å². The number of hydrogen-bond acceptors (Lipinski definition) is 1. The summed E-state index contributed by atoms with van der Waals surface area (Å²) in [6, 6.07) is 0. The predicted octanol–water partition coefficient (Wildman–Crippen LogP) is 1.57. The van der Waals surface area contributed by atoms with Gasteiger partial charge in [-0.3, -0.25) is 7.05 Å². The fourth-order valence-electron chi connectivity index (χ4n) is 0. The molecule has 0 aromatic carbocycles. The molecule has 0 saturated carbocycles. The van der Waals surface area contributed by atoms with Crippen LogP contribution in [-0.2, 0) is 18.6 Å². The molecule has 0 aliphatic heterocycles. The average Bonchev–Trinajstić information content (AvgIpc) is 1.73. The molecule has 8 heavy (non-hydrogen) atoms. The second-order valence-corrected chi connectivity index (χ2v) is 1.08. The maximum absolute atomic E-state index is 3.55. The molecular weight excluding hydrogens is 137 g/mol. The Labute approximate surface area is 65.3 Å². The Morgan fingerprint density at radius 1 is 1.38 bits per heavy atom. The van der Waals surface area contributed by atoms with Gasteiger partial charge in [-0.25, -0.2) is 0 Å². The fourth-order valence-corrected chi connectivity index (χ4v) is 0. The molecule has 0 aliphatic carbocycles. The molecule has 0 spiro atoms. The summed E-state index contributed by atoms with van der Waals surface area (Å²) in [6.07, 6.45) is 0. The van der Waals surface area contributed by atoms with Gasteiger partial charge in [0.25, 0.3) is 0 Å². The summed E-state index contributed by atoms with van der Waals surface area (Å²) in [7, 11) is 5.41. The summed E-state index contributed by atoms with van der Waals surface area (Å²) in [6.45, 7) is 8.33. The van der Waals surface area contributed by atoms with Gasteiger partial charge >= 0.3 is 18.6 Å². The zero-order valence-electron chi connectivity index (χ0n) is 6.02. The van der Waals surface area contributed by atoms with Crippen molar-refractivity contribution in [2.24, 2.45) is 0 Å². The van der Waals surface area contributed by atoms with E-state index in [0.29, 0.717) is 0 Å². The van der Waals surface area contributed by atoms with Gasteiger partial charge in [-0.1, -0.05) is 13.8 Å². The predicted molar refractivity (Wildman–Crippen MR) is 34.7 cm³/mol. The van der Waals surface area contributed by atoms with Gasteiger partial charge in [0, 0.05) is 0 Å². The fraction of sp³-hybridized carbons (Fsp3) is 0.667. The average molecular weight is 152 g/mol. The van der Waals surface area contributed by atoms with Gasteiger partial charge < -0.3 is 11.8 Å². The first-order valence-electron chi connectivity index (χ1n) is 2.58. The van der Waals surface area contributed by atoms with Crippen molar-refractivity contribution in [3.8, 4) is 0 Å². The van der Waals surface area contributed by atoms with E-state index in [1.165, 1.54) is 0 Å². The molecule has 0 unspecified atom stereocenters. The third-order valence-electron chi connectivity index (χ3n) is 0.382. The summed E-state index contributed by atoms with van der Waals surface area (Å²) in [5.74, 6) is 0. The van der Waals surface area contributed by atoms with Gasteiger partial charge in [0.1, 0.15) is 0 Å². The summed E-state index contributed by atoms with van der Waals surface area (Å²) < 4.78 is 0. The van der Waals surface area contributed by atoms with Crippen LogP contribution in [0, 0.1) is 14.0 Å². The van der Waals surface area contributed by atoms with E-state index in [4.69, 9.17) is 0 Å². The minimum Gasteiger partial charge on any atom is -0.487 e. The van der Waals surface area contributed by atoms with Crippen LogP contribution in [0.3, 0.4) is 0 Å². The molecule has 0 heterocycles. The SMILES string of the molecule is CC.[CH2-]CN([CH2-])C.[V+2]. The van der Waals surface area contributed by atoms with E-state index in [2.05, 4.69) is 14.0 Å². The Morgan fingerprint density at radius 3 is 1.50 bits per heavy atom. The van der Waals surface area contributed by atoms with Crippen LogP contribution < -0.4 is 0 Å². The van der Waals surface area contributed by atoms with Crippen molar-refractivity contribution in [1.29, 1.82) is 0 Å². The van der Waals surface area contributed by atoms with Gasteiger partial charge in [0.2, 0.25) is 0 Å². The molecule has 0 fully saturated rings. The first-order chi connectivity index (χ1) is 3.27. The molecule has 0 bridgehead atoms. The monoisotopic (exact) mass is 152 g/mol. The van der Waals surface area contributed by atoms with E-state index in [9.17, 15) is 0 Å². The van der Waals surface area contributed by atoms with E-state index in [1.807, 2.05) is 20.9 Å². The normalized spacial score (nSPS) is 6.75. The molecule has 1 radical (unpaired) electrons. The largest absolute Gasteiger partial charge is 2.00 e. The molecule has 49 valence electrons. The first kappa shape index (κ1) is 15.8. The second kappa shape index (κ2) is 15.6. The van der Waals surface area contributed by atoms with Crippen molar-refractivity contribution >= 4 is 0 Å². The summed E-state index contributed by atoms with van der Waals surface area (Å²) in [5, 5.41) is 0. The van der Waals surface area contributed by atoms with Crippen molar-refractivity contribution in [3.63, 3.8) is 0 Å². The zero-order valence-corrected chi connectivity index (χ0v) is 7.41. The van der Waals surface area contributed by atoms with Crippen molar-refractivity contribution in [2.45, 2.75) is 13.8 Å². The van der Waals surface area contributed by atoms with Gasteiger partial charge in [-0.2, -0.15) is 6.54 Å². The van der Waals surface area contributed by atoms with Crippen LogP contribution in [0.25, 0.3) is 0 Å². The molecule has 0 N–H and O–H groups in total. The van der Waals surface area contributed by atoms with Crippen molar-refractivity contribution < 1.29 is 18.6 Å². The molecule has 0 aromatic rings. The van der Waals surface area contributed by atoms with Crippen LogP contribution in [0.1, 0.15) is 13.8 Å². The minimum absolute atomic E-state index is 0. The maximum Gasteiger partial charge on any atom is 2.00 e. The molecule has 1 nitrogen and oxygen atoms in total. The van der Waals surface area contributed by atoms with Gasteiger partial charge in [0.15, 0.2) is 0 Å². The number of rotatable bonds is 1. The molecule has 0 aliphatic rings. The van der Waals surface area contributed by atoms with E-state index in [1.54, 1.807) is 4.90 Å². The Hall–Kier alpha value is 0.544. The molecule has 0 atom stereocenters. The third kappa shape index (κ3) is 31.1.